The number of nitrogens with zero attached hydrogens (tertiary/aromatic N) is 1. The highest BCUT2D eigenvalue weighted by molar-refractivity contribution is 6.04. The summed E-state index contributed by atoms with van der Waals surface area (Å²) in [6, 6.07) is 14.2. The van der Waals surface area contributed by atoms with Gasteiger partial charge >= 0.3 is 5.97 Å². The molecule has 0 fully saturated rings. The van der Waals surface area contributed by atoms with Gasteiger partial charge in [0.05, 0.1) is 19.3 Å². The van der Waals surface area contributed by atoms with Crippen molar-refractivity contribution in [3.8, 4) is 0 Å². The molecule has 0 aliphatic carbocycles. The maximum Gasteiger partial charge on any atom is 0.323 e. The van der Waals surface area contributed by atoms with Crippen molar-refractivity contribution in [3.63, 3.8) is 0 Å². The molecule has 2 aromatic rings. The zero-order chi connectivity index (χ0) is 19.4. The smallest absolute Gasteiger partial charge is 0.323 e. The normalized spacial score (nSPS) is 16.3. The molecule has 3 rings (SSSR count). The third-order valence-corrected chi connectivity index (χ3v) is 4.75. The molecule has 2 aromatic carbocycles. The number of esters is 1. The molecule has 1 atom stereocenters. The van der Waals surface area contributed by atoms with Crippen molar-refractivity contribution < 1.29 is 19.1 Å². The van der Waals surface area contributed by atoms with Gasteiger partial charge in [0.25, 0.3) is 0 Å². The lowest BCUT2D eigenvalue weighted by atomic mass is 9.94. The summed E-state index contributed by atoms with van der Waals surface area (Å²) in [6.45, 7) is 1.97. The van der Waals surface area contributed by atoms with Crippen molar-refractivity contribution >= 4 is 23.3 Å². The Balaban J connectivity index is 1.77. The van der Waals surface area contributed by atoms with Crippen LogP contribution in [0.2, 0.25) is 0 Å². The highest BCUT2D eigenvalue weighted by Crippen LogP contribution is 2.24. The van der Waals surface area contributed by atoms with Crippen LogP contribution in [-0.2, 0) is 27.3 Å². The Morgan fingerprint density at radius 1 is 1.07 bits per heavy atom. The fourth-order valence-electron chi connectivity index (χ4n) is 3.39. The van der Waals surface area contributed by atoms with Gasteiger partial charge < -0.3 is 10.1 Å². The van der Waals surface area contributed by atoms with Crippen LogP contribution in [-0.4, -0.2) is 42.3 Å². The van der Waals surface area contributed by atoms with E-state index in [1.54, 1.807) is 29.2 Å². The van der Waals surface area contributed by atoms with E-state index in [0.717, 1.165) is 11.1 Å². The highest BCUT2D eigenvalue weighted by atomic mass is 16.5. The van der Waals surface area contributed by atoms with E-state index in [0.29, 0.717) is 24.2 Å². The summed E-state index contributed by atoms with van der Waals surface area (Å²) in [7, 11) is 1.35. The van der Waals surface area contributed by atoms with Crippen molar-refractivity contribution in [2.24, 2.45) is 0 Å². The van der Waals surface area contributed by atoms with Gasteiger partial charge in [0.1, 0.15) is 6.04 Å². The molecule has 6 heteroatoms. The molecule has 0 spiro atoms. The van der Waals surface area contributed by atoms with Crippen LogP contribution in [0.25, 0.3) is 0 Å². The minimum Gasteiger partial charge on any atom is -0.468 e. The Labute approximate surface area is 158 Å². The third-order valence-electron chi connectivity index (χ3n) is 4.75. The molecule has 0 saturated carbocycles. The molecule has 1 N–H and O–H groups in total. The summed E-state index contributed by atoms with van der Waals surface area (Å²) in [4.78, 5) is 38.4. The molecule has 0 aromatic heterocycles. The van der Waals surface area contributed by atoms with Gasteiger partial charge in [-0.15, -0.1) is 0 Å². The number of para-hydroxylation sites is 1. The molecule has 1 aliphatic rings. The lowest BCUT2D eigenvalue weighted by Crippen LogP contribution is -2.49. The number of carbonyl (C=O) groups excluding carboxylic acids is 3. The predicted molar refractivity (Wildman–Crippen MR) is 101 cm³/mol. The first-order chi connectivity index (χ1) is 13.0. The van der Waals surface area contributed by atoms with E-state index in [-0.39, 0.29) is 24.2 Å². The first-order valence-corrected chi connectivity index (χ1v) is 8.78. The summed E-state index contributed by atoms with van der Waals surface area (Å²) >= 11 is 0. The fourth-order valence-corrected chi connectivity index (χ4v) is 3.39. The molecule has 6 nitrogen and oxygen atoms in total. The minimum absolute atomic E-state index is 0.0281. The van der Waals surface area contributed by atoms with E-state index in [9.17, 15) is 14.4 Å². The Hall–Kier alpha value is -2.99. The largest absolute Gasteiger partial charge is 0.468 e. The average molecular weight is 366 g/mol. The number of ketones is 1. The summed E-state index contributed by atoms with van der Waals surface area (Å²) in [5.41, 5.74) is 3.11. The van der Waals surface area contributed by atoms with Crippen LogP contribution in [0.4, 0.5) is 5.69 Å². The Bertz CT molecular complexity index is 878. The van der Waals surface area contributed by atoms with E-state index >= 15 is 0 Å². The molecule has 1 aliphatic heterocycles. The fraction of sp³-hybridized carbons (Fsp3) is 0.286. The van der Waals surface area contributed by atoms with Crippen LogP contribution in [0.3, 0.4) is 0 Å². The van der Waals surface area contributed by atoms with Crippen LogP contribution in [0.1, 0.15) is 28.4 Å². The van der Waals surface area contributed by atoms with Crippen LogP contribution >= 0.6 is 0 Å². The quantitative estimate of drug-likeness (QED) is 0.650. The molecule has 1 heterocycles. The minimum atomic E-state index is -0.515. The summed E-state index contributed by atoms with van der Waals surface area (Å²) < 4.78 is 4.93. The average Bonchev–Trinajstić information content (AvgIpc) is 2.67. The van der Waals surface area contributed by atoms with Crippen LogP contribution < -0.4 is 5.32 Å². The third kappa shape index (κ3) is 4.23. The topological polar surface area (TPSA) is 75.7 Å². The van der Waals surface area contributed by atoms with Gasteiger partial charge in [-0.3, -0.25) is 19.3 Å². The number of hydrogen-bond donors (Lipinski definition) is 1. The Morgan fingerprint density at radius 2 is 1.74 bits per heavy atom. The zero-order valence-electron chi connectivity index (χ0n) is 15.4. The number of amides is 1. The molecule has 0 bridgehead atoms. The van der Waals surface area contributed by atoms with Crippen molar-refractivity contribution in [1.29, 1.82) is 0 Å². The monoisotopic (exact) mass is 366 g/mol. The van der Waals surface area contributed by atoms with Crippen molar-refractivity contribution in [1.82, 2.24) is 4.90 Å². The maximum absolute atomic E-state index is 12.6. The molecular formula is C21H22N2O4. The van der Waals surface area contributed by atoms with Crippen LogP contribution in [0.5, 0.6) is 0 Å². The van der Waals surface area contributed by atoms with Crippen molar-refractivity contribution in [3.05, 3.63) is 65.2 Å². The van der Waals surface area contributed by atoms with Crippen LogP contribution in [0.15, 0.2) is 48.5 Å². The van der Waals surface area contributed by atoms with E-state index in [2.05, 4.69) is 5.32 Å². The van der Waals surface area contributed by atoms with Crippen molar-refractivity contribution in [2.75, 3.05) is 19.0 Å². The first kappa shape index (κ1) is 18.8. The number of benzene rings is 2. The highest BCUT2D eigenvalue weighted by Gasteiger charge is 2.33. The SMILES string of the molecule is COC(=O)[C@H]1Cc2ccccc2CN1CC(=O)Nc1ccccc1C(C)=O. The lowest BCUT2D eigenvalue weighted by Gasteiger charge is -2.34. The number of nitrogens with one attached hydrogen (secondary N) is 1. The van der Waals surface area contributed by atoms with E-state index in [4.69, 9.17) is 4.74 Å². The number of Topliss-reactive ketones (excluding diaryl/α,β-unsaturated/α-hetero) is 1. The molecule has 0 radical (unpaired) electrons. The molecule has 0 saturated heterocycles. The number of hydrogen-bond acceptors (Lipinski definition) is 5. The zero-order valence-corrected chi connectivity index (χ0v) is 15.4. The number of carbonyl (C=O) groups is 3. The number of methoxy groups -OCH3 is 1. The first-order valence-electron chi connectivity index (χ1n) is 8.78. The molecule has 140 valence electrons. The summed E-state index contributed by atoms with van der Waals surface area (Å²) in [5.74, 6) is -0.760. The Morgan fingerprint density at radius 3 is 2.44 bits per heavy atom. The number of fused-ring (bicyclic) bond motifs is 1. The van der Waals surface area contributed by atoms with E-state index < -0.39 is 6.04 Å². The maximum atomic E-state index is 12.6. The second kappa shape index (κ2) is 8.14. The van der Waals surface area contributed by atoms with E-state index in [1.165, 1.54) is 14.0 Å². The van der Waals surface area contributed by atoms with Gasteiger partial charge in [0.15, 0.2) is 5.78 Å². The Kier molecular flexibility index (Phi) is 5.66. The van der Waals surface area contributed by atoms with Crippen LogP contribution in [0, 0.1) is 0 Å². The van der Waals surface area contributed by atoms with Gasteiger partial charge in [0, 0.05) is 12.1 Å². The van der Waals surface area contributed by atoms with E-state index in [1.807, 2.05) is 24.3 Å². The molecule has 1 amide bonds. The lowest BCUT2D eigenvalue weighted by molar-refractivity contribution is -0.148. The second-order valence-corrected chi connectivity index (χ2v) is 6.57. The molecule has 27 heavy (non-hydrogen) atoms. The van der Waals surface area contributed by atoms with Gasteiger partial charge in [-0.05, 0) is 36.6 Å². The standard InChI is InChI=1S/C21H22N2O4/c1-14(24)17-9-5-6-10-18(17)22-20(25)13-23-12-16-8-4-3-7-15(16)11-19(23)21(26)27-2/h3-10,19H,11-13H2,1-2H3,(H,22,25)/t19-/m1/s1. The van der Waals surface area contributed by atoms with Crippen molar-refractivity contribution in [2.45, 2.75) is 25.9 Å². The number of rotatable bonds is 5. The van der Waals surface area contributed by atoms with Gasteiger partial charge in [0.2, 0.25) is 5.91 Å². The number of anilines is 1. The predicted octanol–water partition coefficient (Wildman–Crippen LogP) is 2.43. The van der Waals surface area contributed by atoms with Gasteiger partial charge in [-0.25, -0.2) is 0 Å². The number of ether oxygens (including phenoxy) is 1. The molecule has 0 unspecified atom stereocenters. The van der Waals surface area contributed by atoms with Gasteiger partial charge in [-0.1, -0.05) is 36.4 Å². The van der Waals surface area contributed by atoms with Gasteiger partial charge in [-0.2, -0.15) is 0 Å². The summed E-state index contributed by atoms with van der Waals surface area (Å²) in [5, 5.41) is 2.79. The second-order valence-electron chi connectivity index (χ2n) is 6.57. The summed E-state index contributed by atoms with van der Waals surface area (Å²) in [6.07, 6.45) is 0.500. The molecular weight excluding hydrogens is 344 g/mol.